The number of para-hydroxylation sites is 2. The van der Waals surface area contributed by atoms with E-state index in [0.29, 0.717) is 23.1 Å². The minimum atomic E-state index is -0.286. The summed E-state index contributed by atoms with van der Waals surface area (Å²) in [6.07, 6.45) is 3.82. The first-order valence-electron chi connectivity index (χ1n) is 10.8. The second-order valence-corrected chi connectivity index (χ2v) is 8.77. The van der Waals surface area contributed by atoms with Crippen molar-refractivity contribution >= 4 is 23.4 Å². The van der Waals surface area contributed by atoms with Crippen molar-refractivity contribution in [2.75, 3.05) is 12.9 Å². The summed E-state index contributed by atoms with van der Waals surface area (Å²) in [6, 6.07) is 19.2. The van der Waals surface area contributed by atoms with E-state index in [0.717, 1.165) is 17.0 Å². The fraction of sp³-hybridized carbons (Fsp3) is 0.200. The SMILES string of the molecule is COc1ccccc1-n1cnnc1SCC(=O)N1N=C(c2ccc(C)cc2)C[C@@H]1c1ccco1. The van der Waals surface area contributed by atoms with Gasteiger partial charge in [-0.05, 0) is 36.8 Å². The molecule has 0 unspecified atom stereocenters. The number of methoxy groups -OCH3 is 1. The normalized spacial score (nSPS) is 15.4. The molecular formula is C25H23N5O3S. The number of ether oxygens (including phenoxy) is 1. The minimum absolute atomic E-state index is 0.136. The van der Waals surface area contributed by atoms with Gasteiger partial charge in [-0.1, -0.05) is 53.7 Å². The lowest BCUT2D eigenvalue weighted by molar-refractivity contribution is -0.130. The highest BCUT2D eigenvalue weighted by Crippen LogP contribution is 2.34. The predicted octanol–water partition coefficient (Wildman–Crippen LogP) is 4.65. The van der Waals surface area contributed by atoms with Gasteiger partial charge >= 0.3 is 0 Å². The van der Waals surface area contributed by atoms with Gasteiger partial charge in [-0.15, -0.1) is 10.2 Å². The molecule has 2 aromatic heterocycles. The van der Waals surface area contributed by atoms with Crippen LogP contribution < -0.4 is 4.74 Å². The van der Waals surface area contributed by atoms with Crippen LogP contribution >= 0.6 is 11.8 Å². The Bertz CT molecular complexity index is 1310. The van der Waals surface area contributed by atoms with Gasteiger partial charge in [-0.25, -0.2) is 5.01 Å². The number of amides is 1. The van der Waals surface area contributed by atoms with Crippen LogP contribution in [0.25, 0.3) is 5.69 Å². The molecular weight excluding hydrogens is 450 g/mol. The van der Waals surface area contributed by atoms with E-state index in [9.17, 15) is 4.79 Å². The summed E-state index contributed by atoms with van der Waals surface area (Å²) in [5.74, 6) is 1.42. The van der Waals surface area contributed by atoms with E-state index < -0.39 is 0 Å². The van der Waals surface area contributed by atoms with E-state index in [1.807, 2.05) is 72.2 Å². The number of carbonyl (C=O) groups excluding carboxylic acids is 1. The second-order valence-electron chi connectivity index (χ2n) is 7.83. The zero-order valence-corrected chi connectivity index (χ0v) is 19.6. The molecule has 0 radical (unpaired) electrons. The van der Waals surface area contributed by atoms with Gasteiger partial charge in [0.25, 0.3) is 5.91 Å². The number of hydrogen-bond acceptors (Lipinski definition) is 7. The van der Waals surface area contributed by atoms with Crippen molar-refractivity contribution in [3.8, 4) is 11.4 Å². The Labute approximate surface area is 201 Å². The summed E-state index contributed by atoms with van der Waals surface area (Å²) in [6.45, 7) is 2.04. The second kappa shape index (κ2) is 9.56. The van der Waals surface area contributed by atoms with Crippen LogP contribution in [0.2, 0.25) is 0 Å². The molecule has 1 aliphatic heterocycles. The van der Waals surface area contributed by atoms with Crippen LogP contribution in [-0.4, -0.2) is 44.3 Å². The summed E-state index contributed by atoms with van der Waals surface area (Å²) < 4.78 is 12.9. The topological polar surface area (TPSA) is 85.8 Å². The summed E-state index contributed by atoms with van der Waals surface area (Å²) >= 11 is 1.30. The standard InChI is InChI=1S/C25H23N5O3S/c1-17-9-11-18(12-10-17)19-14-21(23-8-5-13-33-23)30(28-19)24(31)15-34-25-27-26-16-29(25)20-6-3-4-7-22(20)32-2/h3-13,16,21H,14-15H2,1-2H3/t21-/m1/s1. The van der Waals surface area contributed by atoms with E-state index in [1.165, 1.54) is 22.3 Å². The Morgan fingerprint density at radius 1 is 1.15 bits per heavy atom. The smallest absolute Gasteiger partial charge is 0.253 e. The van der Waals surface area contributed by atoms with Gasteiger partial charge in [0, 0.05) is 6.42 Å². The first kappa shape index (κ1) is 22.0. The number of rotatable bonds is 7. The molecule has 1 atom stereocenters. The number of aromatic nitrogens is 3. The van der Waals surface area contributed by atoms with E-state index in [1.54, 1.807) is 19.7 Å². The van der Waals surface area contributed by atoms with Crippen LogP contribution in [0.4, 0.5) is 0 Å². The number of thioether (sulfide) groups is 1. The van der Waals surface area contributed by atoms with E-state index in [2.05, 4.69) is 10.2 Å². The van der Waals surface area contributed by atoms with Gasteiger partial charge in [0.15, 0.2) is 5.16 Å². The zero-order chi connectivity index (χ0) is 23.5. The van der Waals surface area contributed by atoms with Crippen LogP contribution in [0.1, 0.15) is 29.3 Å². The monoisotopic (exact) mass is 473 g/mol. The average Bonchev–Trinajstić information content (AvgIpc) is 3.63. The highest BCUT2D eigenvalue weighted by atomic mass is 32.2. The van der Waals surface area contributed by atoms with Crippen molar-refractivity contribution in [1.29, 1.82) is 0 Å². The van der Waals surface area contributed by atoms with Crippen molar-refractivity contribution in [2.45, 2.75) is 24.5 Å². The average molecular weight is 474 g/mol. The lowest BCUT2D eigenvalue weighted by Gasteiger charge is -2.19. The van der Waals surface area contributed by atoms with Crippen LogP contribution in [0.15, 0.2) is 87.9 Å². The van der Waals surface area contributed by atoms with Gasteiger partial charge in [-0.2, -0.15) is 5.10 Å². The molecule has 4 aromatic rings. The van der Waals surface area contributed by atoms with E-state index >= 15 is 0 Å². The predicted molar refractivity (Wildman–Crippen MR) is 129 cm³/mol. The Morgan fingerprint density at radius 2 is 1.97 bits per heavy atom. The van der Waals surface area contributed by atoms with Gasteiger partial charge in [0.05, 0.1) is 30.5 Å². The fourth-order valence-electron chi connectivity index (χ4n) is 3.87. The van der Waals surface area contributed by atoms with Crippen molar-refractivity contribution < 1.29 is 13.9 Å². The molecule has 0 N–H and O–H groups in total. The van der Waals surface area contributed by atoms with Gasteiger partial charge < -0.3 is 9.15 Å². The number of benzene rings is 2. The molecule has 0 aliphatic carbocycles. The first-order chi connectivity index (χ1) is 16.6. The maximum absolute atomic E-state index is 13.3. The quantitative estimate of drug-likeness (QED) is 0.363. The first-order valence-corrected chi connectivity index (χ1v) is 11.8. The van der Waals surface area contributed by atoms with Gasteiger partial charge in [0.1, 0.15) is 23.9 Å². The largest absolute Gasteiger partial charge is 0.495 e. The Balaban J connectivity index is 1.37. The molecule has 3 heterocycles. The summed E-state index contributed by atoms with van der Waals surface area (Å²) in [5, 5.41) is 15.1. The third-order valence-electron chi connectivity index (χ3n) is 5.61. The number of hydrogen-bond donors (Lipinski definition) is 0. The van der Waals surface area contributed by atoms with Crippen molar-refractivity contribution in [3.63, 3.8) is 0 Å². The molecule has 1 aliphatic rings. The molecule has 5 rings (SSSR count). The highest BCUT2D eigenvalue weighted by Gasteiger charge is 2.35. The number of hydrazone groups is 1. The van der Waals surface area contributed by atoms with Crippen molar-refractivity contribution in [3.05, 3.63) is 90.1 Å². The maximum Gasteiger partial charge on any atom is 0.253 e. The van der Waals surface area contributed by atoms with Gasteiger partial charge in [0.2, 0.25) is 0 Å². The molecule has 0 spiro atoms. The fourth-order valence-corrected chi connectivity index (χ4v) is 4.65. The molecule has 0 fully saturated rings. The summed E-state index contributed by atoms with van der Waals surface area (Å²) in [7, 11) is 1.62. The molecule has 34 heavy (non-hydrogen) atoms. The molecule has 0 saturated heterocycles. The zero-order valence-electron chi connectivity index (χ0n) is 18.8. The third-order valence-corrected chi connectivity index (χ3v) is 6.54. The molecule has 2 aromatic carbocycles. The van der Waals surface area contributed by atoms with E-state index in [4.69, 9.17) is 14.3 Å². The minimum Gasteiger partial charge on any atom is -0.495 e. The van der Waals surface area contributed by atoms with Crippen LogP contribution in [0.3, 0.4) is 0 Å². The van der Waals surface area contributed by atoms with Crippen molar-refractivity contribution in [2.24, 2.45) is 5.10 Å². The Kier molecular flexibility index (Phi) is 6.18. The summed E-state index contributed by atoms with van der Waals surface area (Å²) in [5.41, 5.74) is 3.84. The lowest BCUT2D eigenvalue weighted by atomic mass is 10.0. The third kappa shape index (κ3) is 4.34. The molecule has 1 amide bonds. The number of furan rings is 1. The van der Waals surface area contributed by atoms with Crippen LogP contribution in [-0.2, 0) is 4.79 Å². The number of nitrogens with zero attached hydrogens (tertiary/aromatic N) is 5. The lowest BCUT2D eigenvalue weighted by Crippen LogP contribution is -2.28. The Morgan fingerprint density at radius 3 is 2.74 bits per heavy atom. The Hall–Kier alpha value is -3.85. The van der Waals surface area contributed by atoms with Crippen LogP contribution in [0.5, 0.6) is 5.75 Å². The molecule has 9 heteroatoms. The number of carbonyl (C=O) groups is 1. The maximum atomic E-state index is 13.3. The molecule has 172 valence electrons. The summed E-state index contributed by atoms with van der Waals surface area (Å²) in [4.78, 5) is 13.3. The van der Waals surface area contributed by atoms with Crippen LogP contribution in [0, 0.1) is 6.92 Å². The highest BCUT2D eigenvalue weighted by molar-refractivity contribution is 7.99. The number of aryl methyl sites for hydroxylation is 1. The molecule has 0 saturated carbocycles. The molecule has 0 bridgehead atoms. The van der Waals surface area contributed by atoms with Crippen molar-refractivity contribution in [1.82, 2.24) is 19.8 Å². The van der Waals surface area contributed by atoms with E-state index in [-0.39, 0.29) is 17.7 Å². The van der Waals surface area contributed by atoms with Gasteiger partial charge in [-0.3, -0.25) is 9.36 Å². The molecule has 8 nitrogen and oxygen atoms in total.